The summed E-state index contributed by atoms with van der Waals surface area (Å²) < 4.78 is 11.5. The van der Waals surface area contributed by atoms with Gasteiger partial charge in [0.1, 0.15) is 5.75 Å². The van der Waals surface area contributed by atoms with Crippen molar-refractivity contribution < 1.29 is 9.47 Å². The molecular formula is C23H33ClN2O2. The maximum atomic E-state index is 6.11. The fraction of sp³-hybridized carbons (Fsp3) is 0.565. The number of hydrogen-bond donors (Lipinski definition) is 0. The van der Waals surface area contributed by atoms with Crippen molar-refractivity contribution in [1.29, 1.82) is 0 Å². The van der Waals surface area contributed by atoms with Crippen molar-refractivity contribution in [1.82, 2.24) is 9.97 Å². The summed E-state index contributed by atoms with van der Waals surface area (Å²) in [5.74, 6) is 1.55. The Hall–Kier alpha value is -1.65. The van der Waals surface area contributed by atoms with Gasteiger partial charge in [-0.1, -0.05) is 39.5 Å². The average molecular weight is 405 g/mol. The SMILES string of the molecule is CCCCCCCOCc1cnc(-c2ccc(OCCC(Cl)CC)cc2)nc1. The van der Waals surface area contributed by atoms with Crippen molar-refractivity contribution in [2.45, 2.75) is 70.8 Å². The van der Waals surface area contributed by atoms with Crippen LogP contribution in [0.1, 0.15) is 64.4 Å². The molecular weight excluding hydrogens is 372 g/mol. The molecule has 2 rings (SSSR count). The number of ether oxygens (including phenoxy) is 2. The van der Waals surface area contributed by atoms with Crippen LogP contribution in [0, 0.1) is 0 Å². The van der Waals surface area contributed by atoms with E-state index in [1.807, 2.05) is 36.7 Å². The first kappa shape index (κ1) is 22.6. The molecule has 0 saturated carbocycles. The number of hydrogen-bond acceptors (Lipinski definition) is 4. The fourth-order valence-corrected chi connectivity index (χ4v) is 2.87. The maximum absolute atomic E-state index is 6.11. The highest BCUT2D eigenvalue weighted by Crippen LogP contribution is 2.20. The van der Waals surface area contributed by atoms with Gasteiger partial charge >= 0.3 is 0 Å². The molecule has 0 aliphatic carbocycles. The molecule has 2 aromatic rings. The minimum Gasteiger partial charge on any atom is -0.494 e. The van der Waals surface area contributed by atoms with Crippen molar-refractivity contribution in [2.24, 2.45) is 0 Å². The first-order chi connectivity index (χ1) is 13.7. The Balaban J connectivity index is 1.73. The molecule has 1 aromatic heterocycles. The van der Waals surface area contributed by atoms with E-state index >= 15 is 0 Å². The van der Waals surface area contributed by atoms with Gasteiger partial charge in [0.2, 0.25) is 0 Å². The van der Waals surface area contributed by atoms with E-state index in [1.165, 1.54) is 25.7 Å². The van der Waals surface area contributed by atoms with Gasteiger partial charge in [-0.15, -0.1) is 11.6 Å². The number of alkyl halides is 1. The molecule has 1 aromatic carbocycles. The molecule has 1 heterocycles. The minimum absolute atomic E-state index is 0.177. The summed E-state index contributed by atoms with van der Waals surface area (Å²) in [5, 5.41) is 0.177. The van der Waals surface area contributed by atoms with Gasteiger partial charge in [-0.25, -0.2) is 9.97 Å². The number of rotatable bonds is 14. The molecule has 4 nitrogen and oxygen atoms in total. The second-order valence-electron chi connectivity index (χ2n) is 7.05. The van der Waals surface area contributed by atoms with Gasteiger partial charge in [-0.2, -0.15) is 0 Å². The van der Waals surface area contributed by atoms with Crippen molar-refractivity contribution in [3.63, 3.8) is 0 Å². The van der Waals surface area contributed by atoms with E-state index in [1.54, 1.807) is 0 Å². The molecule has 5 heteroatoms. The normalized spacial score (nSPS) is 12.1. The Bertz CT molecular complexity index is 647. The van der Waals surface area contributed by atoms with Crippen LogP contribution in [0.3, 0.4) is 0 Å². The highest BCUT2D eigenvalue weighted by atomic mass is 35.5. The summed E-state index contributed by atoms with van der Waals surface area (Å²) in [7, 11) is 0. The second-order valence-corrected chi connectivity index (χ2v) is 7.67. The predicted molar refractivity (Wildman–Crippen MR) is 116 cm³/mol. The van der Waals surface area contributed by atoms with Gasteiger partial charge in [0.25, 0.3) is 0 Å². The lowest BCUT2D eigenvalue weighted by Crippen LogP contribution is -2.05. The molecule has 1 unspecified atom stereocenters. The molecule has 0 saturated heterocycles. The summed E-state index contributed by atoms with van der Waals surface area (Å²) >= 11 is 6.11. The van der Waals surface area contributed by atoms with E-state index in [2.05, 4.69) is 23.8 Å². The standard InChI is InChI=1S/C23H33ClN2O2/c1-3-5-6-7-8-14-27-18-19-16-25-23(26-17-19)20-9-11-22(12-10-20)28-15-13-21(24)4-2/h9-12,16-17,21H,3-8,13-15,18H2,1-2H3. The lowest BCUT2D eigenvalue weighted by atomic mass is 10.2. The molecule has 0 fully saturated rings. The topological polar surface area (TPSA) is 44.2 Å². The van der Waals surface area contributed by atoms with Crippen molar-refractivity contribution in [2.75, 3.05) is 13.2 Å². The maximum Gasteiger partial charge on any atom is 0.159 e. The molecule has 1 atom stereocenters. The Morgan fingerprint density at radius 2 is 1.64 bits per heavy atom. The monoisotopic (exact) mass is 404 g/mol. The average Bonchev–Trinajstić information content (AvgIpc) is 2.74. The minimum atomic E-state index is 0.177. The molecule has 0 radical (unpaired) electrons. The lowest BCUT2D eigenvalue weighted by molar-refractivity contribution is 0.116. The fourth-order valence-electron chi connectivity index (χ4n) is 2.79. The Morgan fingerprint density at radius 1 is 0.929 bits per heavy atom. The highest BCUT2D eigenvalue weighted by Gasteiger charge is 2.04. The van der Waals surface area contributed by atoms with Crippen LogP contribution in [0.15, 0.2) is 36.7 Å². The zero-order valence-electron chi connectivity index (χ0n) is 17.2. The van der Waals surface area contributed by atoms with Crippen LogP contribution in [-0.2, 0) is 11.3 Å². The smallest absolute Gasteiger partial charge is 0.159 e. The first-order valence-electron chi connectivity index (χ1n) is 10.5. The quantitative estimate of drug-likeness (QED) is 0.269. The van der Waals surface area contributed by atoms with E-state index in [9.17, 15) is 0 Å². The molecule has 0 aliphatic heterocycles. The second kappa shape index (κ2) is 13.5. The summed E-state index contributed by atoms with van der Waals surface area (Å²) in [6.45, 7) is 6.31. The summed E-state index contributed by atoms with van der Waals surface area (Å²) in [6, 6.07) is 7.86. The van der Waals surface area contributed by atoms with E-state index in [4.69, 9.17) is 21.1 Å². The Labute approximate surface area is 174 Å². The molecule has 0 N–H and O–H groups in total. The van der Waals surface area contributed by atoms with Gasteiger partial charge in [-0.3, -0.25) is 0 Å². The van der Waals surface area contributed by atoms with Gasteiger partial charge in [0, 0.05) is 35.5 Å². The van der Waals surface area contributed by atoms with Crippen LogP contribution >= 0.6 is 11.6 Å². The van der Waals surface area contributed by atoms with Crippen LogP contribution < -0.4 is 4.74 Å². The Morgan fingerprint density at radius 3 is 2.32 bits per heavy atom. The first-order valence-corrected chi connectivity index (χ1v) is 10.9. The Kier molecular flexibility index (Phi) is 10.9. The van der Waals surface area contributed by atoms with Crippen molar-refractivity contribution in [3.8, 4) is 17.1 Å². The zero-order valence-corrected chi connectivity index (χ0v) is 18.0. The van der Waals surface area contributed by atoms with Gasteiger partial charge in [0.05, 0.1) is 13.2 Å². The lowest BCUT2D eigenvalue weighted by Gasteiger charge is -2.09. The van der Waals surface area contributed by atoms with E-state index in [0.717, 1.165) is 42.7 Å². The number of aromatic nitrogens is 2. The number of halogens is 1. The number of benzene rings is 1. The number of unbranched alkanes of at least 4 members (excludes halogenated alkanes) is 4. The third-order valence-electron chi connectivity index (χ3n) is 4.62. The predicted octanol–water partition coefficient (Wildman–Crippen LogP) is 6.42. The number of nitrogens with zero attached hydrogens (tertiary/aromatic N) is 2. The van der Waals surface area contributed by atoms with Gasteiger partial charge < -0.3 is 9.47 Å². The van der Waals surface area contributed by atoms with Crippen LogP contribution in [-0.4, -0.2) is 28.6 Å². The molecule has 0 bridgehead atoms. The van der Waals surface area contributed by atoms with E-state index in [-0.39, 0.29) is 5.38 Å². The van der Waals surface area contributed by atoms with Gasteiger partial charge in [-0.05, 0) is 43.5 Å². The van der Waals surface area contributed by atoms with E-state index < -0.39 is 0 Å². The highest BCUT2D eigenvalue weighted by molar-refractivity contribution is 6.20. The van der Waals surface area contributed by atoms with Crippen LogP contribution in [0.5, 0.6) is 5.75 Å². The summed E-state index contributed by atoms with van der Waals surface area (Å²) in [6.07, 6.45) is 11.7. The third kappa shape index (κ3) is 8.57. The van der Waals surface area contributed by atoms with Crippen molar-refractivity contribution >= 4 is 11.6 Å². The van der Waals surface area contributed by atoms with Gasteiger partial charge in [0.15, 0.2) is 5.82 Å². The molecule has 28 heavy (non-hydrogen) atoms. The summed E-state index contributed by atoms with van der Waals surface area (Å²) in [4.78, 5) is 8.93. The molecule has 0 amide bonds. The zero-order chi connectivity index (χ0) is 20.0. The molecule has 0 spiro atoms. The van der Waals surface area contributed by atoms with Crippen molar-refractivity contribution in [3.05, 3.63) is 42.2 Å². The summed E-state index contributed by atoms with van der Waals surface area (Å²) in [5.41, 5.74) is 1.98. The van der Waals surface area contributed by atoms with Crippen LogP contribution in [0.25, 0.3) is 11.4 Å². The van der Waals surface area contributed by atoms with Crippen LogP contribution in [0.2, 0.25) is 0 Å². The third-order valence-corrected chi connectivity index (χ3v) is 5.15. The van der Waals surface area contributed by atoms with E-state index in [0.29, 0.717) is 19.0 Å². The largest absolute Gasteiger partial charge is 0.494 e. The molecule has 154 valence electrons. The van der Waals surface area contributed by atoms with Crippen LogP contribution in [0.4, 0.5) is 0 Å². The molecule has 0 aliphatic rings.